The molecule has 2 unspecified atom stereocenters. The number of rotatable bonds is 1. The minimum atomic E-state index is -4.37. The topological polar surface area (TPSA) is 29.5 Å². The number of benzene rings is 1. The van der Waals surface area contributed by atoms with Crippen LogP contribution in [0.25, 0.3) is 0 Å². The van der Waals surface area contributed by atoms with Crippen LogP contribution in [0.4, 0.5) is 13.2 Å². The molecule has 1 aliphatic carbocycles. The highest BCUT2D eigenvalue weighted by Gasteiger charge is 2.66. The highest BCUT2D eigenvalue weighted by Crippen LogP contribution is 2.65. The van der Waals surface area contributed by atoms with Crippen molar-refractivity contribution in [1.82, 2.24) is 0 Å². The first-order valence-corrected chi connectivity index (χ1v) is 6.22. The van der Waals surface area contributed by atoms with Crippen LogP contribution >= 0.6 is 0 Å². The second-order valence-corrected chi connectivity index (χ2v) is 5.99. The molecule has 0 aromatic heterocycles. The van der Waals surface area contributed by atoms with Crippen molar-refractivity contribution in [3.05, 3.63) is 29.3 Å². The van der Waals surface area contributed by atoms with Crippen LogP contribution in [0.1, 0.15) is 31.4 Å². The zero-order valence-electron chi connectivity index (χ0n) is 10.7. The fourth-order valence-electron chi connectivity index (χ4n) is 3.31. The summed E-state index contributed by atoms with van der Waals surface area (Å²) in [6, 6.07) is 3.52. The average molecular weight is 272 g/mol. The van der Waals surface area contributed by atoms with E-state index in [1.807, 2.05) is 13.8 Å². The summed E-state index contributed by atoms with van der Waals surface area (Å²) in [6.07, 6.45) is -3.70. The molecule has 1 aromatic rings. The van der Waals surface area contributed by atoms with E-state index >= 15 is 0 Å². The number of aliphatic hydroxyl groups is 1. The molecule has 1 fully saturated rings. The molecule has 2 nitrogen and oxygen atoms in total. The van der Waals surface area contributed by atoms with Gasteiger partial charge < -0.3 is 9.84 Å². The van der Waals surface area contributed by atoms with Crippen molar-refractivity contribution < 1.29 is 23.0 Å². The van der Waals surface area contributed by atoms with E-state index in [9.17, 15) is 18.3 Å². The van der Waals surface area contributed by atoms with Crippen LogP contribution in [0, 0.1) is 5.92 Å². The smallest absolute Gasteiger partial charge is 0.416 e. The van der Waals surface area contributed by atoms with E-state index in [0.717, 1.165) is 12.1 Å². The first-order valence-electron chi connectivity index (χ1n) is 6.22. The predicted molar refractivity (Wildman–Crippen MR) is 63.0 cm³/mol. The van der Waals surface area contributed by atoms with Gasteiger partial charge in [0.25, 0.3) is 0 Å². The van der Waals surface area contributed by atoms with Crippen LogP contribution in [0.3, 0.4) is 0 Å². The van der Waals surface area contributed by atoms with E-state index in [-0.39, 0.29) is 12.5 Å². The van der Waals surface area contributed by atoms with Gasteiger partial charge in [-0.05, 0) is 38.5 Å². The van der Waals surface area contributed by atoms with E-state index in [4.69, 9.17) is 4.74 Å². The van der Waals surface area contributed by atoms with Gasteiger partial charge in [0.15, 0.2) is 0 Å². The van der Waals surface area contributed by atoms with Crippen LogP contribution in [0.2, 0.25) is 0 Å². The molecule has 5 heteroatoms. The van der Waals surface area contributed by atoms with Crippen LogP contribution in [0.15, 0.2) is 18.2 Å². The number of halogens is 3. The molecule has 0 spiro atoms. The van der Waals surface area contributed by atoms with Gasteiger partial charge in [0, 0.05) is 16.9 Å². The molecule has 1 saturated carbocycles. The Morgan fingerprint density at radius 2 is 2.05 bits per heavy atom. The van der Waals surface area contributed by atoms with Crippen molar-refractivity contribution in [2.24, 2.45) is 5.92 Å². The zero-order valence-corrected chi connectivity index (χ0v) is 10.7. The molecule has 19 heavy (non-hydrogen) atoms. The van der Waals surface area contributed by atoms with E-state index in [2.05, 4.69) is 0 Å². The minimum Gasteiger partial charge on any atom is -0.487 e. The van der Waals surface area contributed by atoms with E-state index in [1.54, 1.807) is 0 Å². The average Bonchev–Trinajstić information content (AvgIpc) is 3.04. The molecule has 104 valence electrons. The third kappa shape index (κ3) is 1.67. The van der Waals surface area contributed by atoms with Crippen LogP contribution in [0.5, 0.6) is 5.75 Å². The van der Waals surface area contributed by atoms with Gasteiger partial charge in [0.1, 0.15) is 11.4 Å². The summed E-state index contributed by atoms with van der Waals surface area (Å²) >= 11 is 0. The van der Waals surface area contributed by atoms with Gasteiger partial charge in [-0.25, -0.2) is 0 Å². The Morgan fingerprint density at radius 3 is 2.63 bits per heavy atom. The monoisotopic (exact) mass is 272 g/mol. The minimum absolute atomic E-state index is 0.0704. The lowest BCUT2D eigenvalue weighted by Gasteiger charge is -2.36. The normalized spacial score (nSPS) is 31.2. The standard InChI is InChI=1S/C14H15F3O2/c1-12(2)11-6-13(11,7-18)9-5-8(14(15,16)17)3-4-10(9)19-12/h3-5,11,18H,6-7H2,1-2H3. The highest BCUT2D eigenvalue weighted by molar-refractivity contribution is 5.51. The summed E-state index contributed by atoms with van der Waals surface area (Å²) in [4.78, 5) is 0. The van der Waals surface area contributed by atoms with Gasteiger partial charge in [-0.15, -0.1) is 0 Å². The summed E-state index contributed by atoms with van der Waals surface area (Å²) < 4.78 is 44.1. The Labute approximate surface area is 109 Å². The lowest BCUT2D eigenvalue weighted by molar-refractivity contribution is -0.137. The van der Waals surface area contributed by atoms with Crippen LogP contribution in [-0.4, -0.2) is 17.3 Å². The van der Waals surface area contributed by atoms with Crippen molar-refractivity contribution in [1.29, 1.82) is 0 Å². The molecular formula is C14H15F3O2. The van der Waals surface area contributed by atoms with Crippen molar-refractivity contribution >= 4 is 0 Å². The van der Waals surface area contributed by atoms with E-state index in [0.29, 0.717) is 17.7 Å². The fraction of sp³-hybridized carbons (Fsp3) is 0.571. The van der Waals surface area contributed by atoms with Gasteiger partial charge in [-0.1, -0.05) is 0 Å². The molecule has 0 radical (unpaired) electrons. The molecule has 1 aliphatic heterocycles. The first-order chi connectivity index (χ1) is 8.71. The number of alkyl halides is 3. The largest absolute Gasteiger partial charge is 0.487 e. The molecule has 1 N–H and O–H groups in total. The maximum atomic E-state index is 12.8. The van der Waals surface area contributed by atoms with Crippen molar-refractivity contribution in [2.75, 3.05) is 6.61 Å². The predicted octanol–water partition coefficient (Wildman–Crippen LogP) is 3.13. The second kappa shape index (κ2) is 3.45. The second-order valence-electron chi connectivity index (χ2n) is 5.99. The number of ether oxygens (including phenoxy) is 1. The maximum absolute atomic E-state index is 12.8. The first kappa shape index (κ1) is 12.8. The van der Waals surface area contributed by atoms with Gasteiger partial charge in [-0.2, -0.15) is 13.2 Å². The Balaban J connectivity index is 2.13. The summed E-state index contributed by atoms with van der Waals surface area (Å²) in [5, 5.41) is 9.63. The maximum Gasteiger partial charge on any atom is 0.416 e. The van der Waals surface area contributed by atoms with E-state index < -0.39 is 22.8 Å². The van der Waals surface area contributed by atoms with Gasteiger partial charge in [0.05, 0.1) is 12.2 Å². The molecule has 2 aliphatic rings. The molecule has 0 amide bonds. The van der Waals surface area contributed by atoms with Crippen LogP contribution < -0.4 is 4.74 Å². The van der Waals surface area contributed by atoms with Crippen molar-refractivity contribution in [3.8, 4) is 5.75 Å². The van der Waals surface area contributed by atoms with Crippen LogP contribution in [-0.2, 0) is 11.6 Å². The Kier molecular flexibility index (Phi) is 2.32. The third-order valence-corrected chi connectivity index (χ3v) is 4.41. The molecule has 0 saturated heterocycles. The Morgan fingerprint density at radius 1 is 1.37 bits per heavy atom. The summed E-state index contributed by atoms with van der Waals surface area (Å²) in [5.41, 5.74) is -1.20. The Bertz CT molecular complexity index is 536. The van der Waals surface area contributed by atoms with E-state index in [1.165, 1.54) is 6.07 Å². The lowest BCUT2D eigenvalue weighted by Crippen LogP contribution is -2.40. The molecular weight excluding hydrogens is 257 g/mol. The van der Waals surface area contributed by atoms with Crippen molar-refractivity contribution in [3.63, 3.8) is 0 Å². The molecule has 3 rings (SSSR count). The summed E-state index contributed by atoms with van der Waals surface area (Å²) in [6.45, 7) is 3.68. The van der Waals surface area contributed by atoms with Gasteiger partial charge in [-0.3, -0.25) is 0 Å². The Hall–Kier alpha value is -1.23. The molecule has 1 heterocycles. The number of aliphatic hydroxyl groups excluding tert-OH is 1. The lowest BCUT2D eigenvalue weighted by atomic mass is 9.84. The van der Waals surface area contributed by atoms with Crippen molar-refractivity contribution in [2.45, 2.75) is 37.5 Å². The molecule has 1 aromatic carbocycles. The SMILES string of the molecule is CC1(C)Oc2ccc(C(F)(F)F)cc2C2(CO)CC12. The fourth-order valence-corrected chi connectivity index (χ4v) is 3.31. The highest BCUT2D eigenvalue weighted by atomic mass is 19.4. The van der Waals surface area contributed by atoms with Gasteiger partial charge in [0.2, 0.25) is 0 Å². The quantitative estimate of drug-likeness (QED) is 0.851. The number of hydrogen-bond acceptors (Lipinski definition) is 2. The summed E-state index contributed by atoms with van der Waals surface area (Å²) in [7, 11) is 0. The third-order valence-electron chi connectivity index (χ3n) is 4.41. The summed E-state index contributed by atoms with van der Waals surface area (Å²) in [5.74, 6) is 0.529. The van der Waals surface area contributed by atoms with Gasteiger partial charge >= 0.3 is 6.18 Å². The molecule has 2 atom stereocenters. The molecule has 0 bridgehead atoms. The zero-order chi connectivity index (χ0) is 14.1. The number of fused-ring (bicyclic) bond motifs is 3. The number of hydrogen-bond donors (Lipinski definition) is 1.